The third-order valence-electron chi connectivity index (χ3n) is 4.10. The lowest BCUT2D eigenvalue weighted by atomic mass is 10.0. The minimum atomic E-state index is -0.767. The molecule has 0 saturated carbocycles. The van der Waals surface area contributed by atoms with Gasteiger partial charge in [0.2, 0.25) is 0 Å². The number of hydroxylamine groups is 2. The van der Waals surface area contributed by atoms with E-state index in [-0.39, 0.29) is 17.7 Å². The normalized spacial score (nSPS) is 16.1. The molecule has 2 aliphatic rings. The number of benzene rings is 1. The molecule has 0 unspecified atom stereocenters. The zero-order valence-corrected chi connectivity index (χ0v) is 12.8. The third-order valence-corrected chi connectivity index (χ3v) is 4.10. The van der Waals surface area contributed by atoms with Crippen LogP contribution in [-0.2, 0) is 29.0 Å². The van der Waals surface area contributed by atoms with E-state index in [4.69, 9.17) is 4.84 Å². The van der Waals surface area contributed by atoms with Gasteiger partial charge >= 0.3 is 5.97 Å². The van der Waals surface area contributed by atoms with Gasteiger partial charge in [-0.15, -0.1) is 0 Å². The molecule has 0 fully saturated rings. The van der Waals surface area contributed by atoms with Gasteiger partial charge in [-0.3, -0.25) is 9.59 Å². The van der Waals surface area contributed by atoms with Crippen LogP contribution in [0.15, 0.2) is 24.3 Å². The number of aromatic nitrogens is 3. The minimum Gasteiger partial charge on any atom is -0.328 e. The van der Waals surface area contributed by atoms with Crippen molar-refractivity contribution < 1.29 is 19.2 Å². The van der Waals surface area contributed by atoms with Gasteiger partial charge in [0.1, 0.15) is 0 Å². The van der Waals surface area contributed by atoms with Crippen LogP contribution < -0.4 is 0 Å². The van der Waals surface area contributed by atoms with E-state index >= 15 is 0 Å². The molecule has 1 aliphatic heterocycles. The van der Waals surface area contributed by atoms with Gasteiger partial charge < -0.3 is 4.84 Å². The average Bonchev–Trinajstić information content (AvgIpc) is 3.09. The van der Waals surface area contributed by atoms with Gasteiger partial charge in [-0.25, -0.2) is 4.79 Å². The number of rotatable bonds is 3. The topological polar surface area (TPSA) is 94.4 Å². The van der Waals surface area contributed by atoms with Crippen LogP contribution in [0.3, 0.4) is 0 Å². The molecule has 0 bridgehead atoms. The fourth-order valence-electron chi connectivity index (χ4n) is 2.96. The maximum atomic E-state index is 12.1. The van der Waals surface area contributed by atoms with Crippen LogP contribution in [0.25, 0.3) is 0 Å². The van der Waals surface area contributed by atoms with Crippen molar-refractivity contribution in [2.24, 2.45) is 0 Å². The highest BCUT2D eigenvalue weighted by Gasteiger charge is 2.38. The monoisotopic (exact) mass is 326 g/mol. The average molecular weight is 326 g/mol. The molecule has 122 valence electrons. The first-order chi connectivity index (χ1) is 11.6. The Bertz CT molecular complexity index is 799. The van der Waals surface area contributed by atoms with Gasteiger partial charge in [0.05, 0.1) is 22.5 Å². The number of amides is 2. The van der Waals surface area contributed by atoms with Crippen LogP contribution in [0.4, 0.5) is 0 Å². The summed E-state index contributed by atoms with van der Waals surface area (Å²) in [5, 5.41) is 9.01. The summed E-state index contributed by atoms with van der Waals surface area (Å²) in [6, 6.07) is 6.33. The van der Waals surface area contributed by atoms with Crippen molar-refractivity contribution in [2.75, 3.05) is 0 Å². The number of hydrogen-bond acceptors (Lipinski definition) is 6. The van der Waals surface area contributed by atoms with E-state index in [1.54, 1.807) is 12.1 Å². The third kappa shape index (κ3) is 2.36. The Morgan fingerprint density at radius 1 is 1.00 bits per heavy atom. The SMILES string of the molecule is O=C(Cn1nc2c(n1)CCCC2)ON1C(=O)c2ccccc2C1=O. The number of carbonyl (C=O) groups is 3. The van der Waals surface area contributed by atoms with Gasteiger partial charge in [0.15, 0.2) is 6.54 Å². The quantitative estimate of drug-likeness (QED) is 0.778. The Balaban J connectivity index is 1.46. The van der Waals surface area contributed by atoms with Gasteiger partial charge in [0.25, 0.3) is 11.8 Å². The van der Waals surface area contributed by atoms with Crippen LogP contribution >= 0.6 is 0 Å². The van der Waals surface area contributed by atoms with E-state index in [2.05, 4.69) is 10.2 Å². The predicted octanol–water partition coefficient (Wildman–Crippen LogP) is 0.911. The standard InChI is InChI=1S/C16H14N4O4/c21-14(9-19-17-12-7-3-4-8-13(12)18-19)24-20-15(22)10-5-1-2-6-11(10)16(20)23/h1-2,5-6H,3-4,7-9H2. The van der Waals surface area contributed by atoms with Crippen LogP contribution in [0.2, 0.25) is 0 Å². The van der Waals surface area contributed by atoms with Gasteiger partial charge in [-0.2, -0.15) is 15.0 Å². The number of carbonyl (C=O) groups excluding carboxylic acids is 3. The summed E-state index contributed by atoms with van der Waals surface area (Å²) in [5.41, 5.74) is 2.25. The van der Waals surface area contributed by atoms with Crippen molar-refractivity contribution in [1.29, 1.82) is 0 Å². The summed E-state index contributed by atoms with van der Waals surface area (Å²) in [7, 11) is 0. The Labute approximate surface area is 137 Å². The number of imide groups is 1. The second-order valence-electron chi connectivity index (χ2n) is 5.74. The molecule has 2 aromatic rings. The molecule has 1 aromatic heterocycles. The lowest BCUT2D eigenvalue weighted by Crippen LogP contribution is -2.34. The van der Waals surface area contributed by atoms with Gasteiger partial charge in [-0.1, -0.05) is 17.2 Å². The molecule has 0 radical (unpaired) electrons. The van der Waals surface area contributed by atoms with Crippen LogP contribution in [-0.4, -0.2) is 37.8 Å². The predicted molar refractivity (Wildman–Crippen MR) is 79.7 cm³/mol. The summed E-state index contributed by atoms with van der Waals surface area (Å²) >= 11 is 0. The molecule has 1 aromatic carbocycles. The van der Waals surface area contributed by atoms with E-state index < -0.39 is 17.8 Å². The molecule has 2 amide bonds. The lowest BCUT2D eigenvalue weighted by molar-refractivity contribution is -0.169. The first-order valence-corrected chi connectivity index (χ1v) is 7.75. The fraction of sp³-hybridized carbons (Fsp3) is 0.312. The molecule has 2 heterocycles. The van der Waals surface area contributed by atoms with E-state index in [1.807, 2.05) is 0 Å². The van der Waals surface area contributed by atoms with E-state index in [1.165, 1.54) is 16.9 Å². The summed E-state index contributed by atoms with van der Waals surface area (Å²) in [6.07, 6.45) is 3.82. The highest BCUT2D eigenvalue weighted by atomic mass is 16.7. The minimum absolute atomic E-state index is 0.225. The van der Waals surface area contributed by atoms with Gasteiger partial charge in [-0.05, 0) is 37.8 Å². The Kier molecular flexibility index (Phi) is 3.37. The van der Waals surface area contributed by atoms with Crippen molar-refractivity contribution in [3.05, 3.63) is 46.8 Å². The summed E-state index contributed by atoms with van der Waals surface area (Å²) in [6.45, 7) is -0.250. The van der Waals surface area contributed by atoms with Crippen molar-refractivity contribution in [1.82, 2.24) is 20.1 Å². The van der Waals surface area contributed by atoms with Crippen molar-refractivity contribution in [3.63, 3.8) is 0 Å². The maximum absolute atomic E-state index is 12.1. The molecule has 0 N–H and O–H groups in total. The first kappa shape index (κ1) is 14.6. The molecule has 24 heavy (non-hydrogen) atoms. The van der Waals surface area contributed by atoms with E-state index in [0.717, 1.165) is 37.1 Å². The zero-order chi connectivity index (χ0) is 16.7. The number of nitrogens with zero attached hydrogens (tertiary/aromatic N) is 4. The molecule has 8 heteroatoms. The number of aryl methyl sites for hydroxylation is 2. The van der Waals surface area contributed by atoms with Crippen molar-refractivity contribution in [3.8, 4) is 0 Å². The highest BCUT2D eigenvalue weighted by molar-refractivity contribution is 6.20. The fourth-order valence-corrected chi connectivity index (χ4v) is 2.96. The molecule has 4 rings (SSSR count). The molecule has 0 saturated heterocycles. The number of hydrogen-bond donors (Lipinski definition) is 0. The summed E-state index contributed by atoms with van der Waals surface area (Å²) in [4.78, 5) is 42.6. The number of fused-ring (bicyclic) bond motifs is 2. The smallest absolute Gasteiger partial charge is 0.328 e. The Hall–Kier alpha value is -3.03. The lowest BCUT2D eigenvalue weighted by Gasteiger charge is -2.12. The molecular weight excluding hydrogens is 312 g/mol. The second-order valence-corrected chi connectivity index (χ2v) is 5.74. The highest BCUT2D eigenvalue weighted by Crippen LogP contribution is 2.23. The Morgan fingerprint density at radius 3 is 2.08 bits per heavy atom. The summed E-state index contributed by atoms with van der Waals surface area (Å²) < 4.78 is 0. The first-order valence-electron chi connectivity index (χ1n) is 7.75. The van der Waals surface area contributed by atoms with E-state index in [0.29, 0.717) is 5.06 Å². The zero-order valence-electron chi connectivity index (χ0n) is 12.8. The van der Waals surface area contributed by atoms with E-state index in [9.17, 15) is 14.4 Å². The van der Waals surface area contributed by atoms with Crippen molar-refractivity contribution >= 4 is 17.8 Å². The van der Waals surface area contributed by atoms with Gasteiger partial charge in [0, 0.05) is 0 Å². The Morgan fingerprint density at radius 2 is 1.54 bits per heavy atom. The maximum Gasteiger partial charge on any atom is 0.356 e. The molecule has 0 spiro atoms. The second kappa shape index (κ2) is 5.55. The van der Waals surface area contributed by atoms with Crippen LogP contribution in [0, 0.1) is 0 Å². The van der Waals surface area contributed by atoms with Crippen LogP contribution in [0.5, 0.6) is 0 Å². The molecule has 1 aliphatic carbocycles. The largest absolute Gasteiger partial charge is 0.356 e. The molecule has 0 atom stereocenters. The summed E-state index contributed by atoms with van der Waals surface area (Å²) in [5.74, 6) is -2.05. The van der Waals surface area contributed by atoms with Crippen LogP contribution in [0.1, 0.15) is 44.9 Å². The molecule has 8 nitrogen and oxygen atoms in total. The van der Waals surface area contributed by atoms with Crippen molar-refractivity contribution in [2.45, 2.75) is 32.2 Å². The molecular formula is C16H14N4O4.